The van der Waals surface area contributed by atoms with Crippen molar-refractivity contribution >= 4 is 41.0 Å². The molecule has 1 rings (SSSR count). The van der Waals surface area contributed by atoms with Crippen molar-refractivity contribution in [1.29, 1.82) is 0 Å². The van der Waals surface area contributed by atoms with Crippen LogP contribution in [0.15, 0.2) is 18.2 Å². The van der Waals surface area contributed by atoms with Crippen LogP contribution in [0, 0.1) is 0 Å². The van der Waals surface area contributed by atoms with Crippen molar-refractivity contribution in [2.75, 3.05) is 13.2 Å². The molecule has 1 aromatic rings. The minimum absolute atomic E-state index is 0.249. The van der Waals surface area contributed by atoms with Gasteiger partial charge in [0.05, 0.1) is 5.02 Å². The third-order valence-electron chi connectivity index (χ3n) is 1.98. The van der Waals surface area contributed by atoms with E-state index in [4.69, 9.17) is 27.9 Å². The minimum atomic E-state index is -0.765. The van der Waals surface area contributed by atoms with E-state index < -0.39 is 31.0 Å². The molecule has 2 amide bonds. The Balaban J connectivity index is 2.31. The molecule has 114 valence electrons. The van der Waals surface area contributed by atoms with Crippen LogP contribution >= 0.6 is 23.2 Å². The Labute approximate surface area is 130 Å². The van der Waals surface area contributed by atoms with Crippen LogP contribution in [0.1, 0.15) is 6.92 Å². The predicted molar refractivity (Wildman–Crippen MR) is 74.9 cm³/mol. The topological polar surface area (TPSA) is 93.7 Å². The lowest BCUT2D eigenvalue weighted by Gasteiger charge is -2.09. The Morgan fingerprint density at radius 1 is 1.14 bits per heavy atom. The molecule has 0 saturated heterocycles. The van der Waals surface area contributed by atoms with Crippen LogP contribution in [0.2, 0.25) is 10.0 Å². The minimum Gasteiger partial charge on any atom is -0.480 e. The first-order valence-electron chi connectivity index (χ1n) is 5.67. The van der Waals surface area contributed by atoms with Gasteiger partial charge in [0.25, 0.3) is 5.91 Å². The van der Waals surface area contributed by atoms with Crippen LogP contribution < -0.4 is 15.6 Å². The maximum atomic E-state index is 11.4. The molecule has 0 unspecified atom stereocenters. The summed E-state index contributed by atoms with van der Waals surface area (Å²) in [6.07, 6.45) is 0. The molecule has 0 spiro atoms. The molecule has 0 aliphatic heterocycles. The summed E-state index contributed by atoms with van der Waals surface area (Å²) >= 11 is 11.6. The molecule has 0 aromatic heterocycles. The molecule has 7 nitrogen and oxygen atoms in total. The molecule has 0 bridgehead atoms. The van der Waals surface area contributed by atoms with E-state index in [0.717, 1.165) is 0 Å². The summed E-state index contributed by atoms with van der Waals surface area (Å²) in [6.45, 7) is 0.252. The van der Waals surface area contributed by atoms with Crippen LogP contribution in [0.25, 0.3) is 0 Å². The maximum absolute atomic E-state index is 11.4. The Morgan fingerprint density at radius 2 is 1.86 bits per heavy atom. The molecule has 0 fully saturated rings. The van der Waals surface area contributed by atoms with Crippen molar-refractivity contribution in [1.82, 2.24) is 10.9 Å². The Kier molecular flexibility index (Phi) is 6.77. The van der Waals surface area contributed by atoms with Crippen LogP contribution in [-0.2, 0) is 19.1 Å². The Hall–Kier alpha value is -1.99. The monoisotopic (exact) mass is 334 g/mol. The van der Waals surface area contributed by atoms with Gasteiger partial charge in [0.15, 0.2) is 13.2 Å². The highest BCUT2D eigenvalue weighted by atomic mass is 35.5. The SMILES string of the molecule is CC(=O)NNC(=O)COC(=O)COc1ccc(Cl)cc1Cl. The van der Waals surface area contributed by atoms with E-state index in [1.807, 2.05) is 10.9 Å². The standard InChI is InChI=1S/C12H12Cl2N2O5/c1-7(17)15-16-11(18)5-21-12(19)6-20-10-3-2-8(13)4-9(10)14/h2-4H,5-6H2,1H3,(H,15,17)(H,16,18). The Morgan fingerprint density at radius 3 is 2.48 bits per heavy atom. The largest absolute Gasteiger partial charge is 0.480 e. The molecule has 9 heteroatoms. The number of carbonyl (C=O) groups is 3. The molecule has 2 N–H and O–H groups in total. The highest BCUT2D eigenvalue weighted by Gasteiger charge is 2.10. The van der Waals surface area contributed by atoms with E-state index in [9.17, 15) is 14.4 Å². The van der Waals surface area contributed by atoms with Gasteiger partial charge >= 0.3 is 5.97 Å². The fourth-order valence-electron chi connectivity index (χ4n) is 1.11. The van der Waals surface area contributed by atoms with E-state index in [-0.39, 0.29) is 10.8 Å². The lowest BCUT2D eigenvalue weighted by atomic mass is 10.3. The van der Waals surface area contributed by atoms with E-state index in [1.165, 1.54) is 19.1 Å². The summed E-state index contributed by atoms with van der Waals surface area (Å²) in [6, 6.07) is 4.51. The second kappa shape index (κ2) is 8.33. The lowest BCUT2D eigenvalue weighted by Crippen LogP contribution is -2.42. The maximum Gasteiger partial charge on any atom is 0.344 e. The van der Waals surface area contributed by atoms with Crippen molar-refractivity contribution in [3.05, 3.63) is 28.2 Å². The molecule has 0 heterocycles. The molecule has 0 aliphatic rings. The number of benzene rings is 1. The van der Waals surface area contributed by atoms with Crippen molar-refractivity contribution in [2.24, 2.45) is 0 Å². The summed E-state index contributed by atoms with van der Waals surface area (Å²) in [5.74, 6) is -1.63. The van der Waals surface area contributed by atoms with Gasteiger partial charge in [-0.3, -0.25) is 20.4 Å². The molecule has 1 aromatic carbocycles. The van der Waals surface area contributed by atoms with Gasteiger partial charge in [-0.05, 0) is 18.2 Å². The average Bonchev–Trinajstić information content (AvgIpc) is 2.41. The first kappa shape index (κ1) is 17.1. The summed E-state index contributed by atoms with van der Waals surface area (Å²) in [5, 5.41) is 0.684. The molecule has 21 heavy (non-hydrogen) atoms. The van der Waals surface area contributed by atoms with Gasteiger partial charge in [0.1, 0.15) is 5.75 Å². The summed E-state index contributed by atoms with van der Waals surface area (Å²) < 4.78 is 9.74. The van der Waals surface area contributed by atoms with Gasteiger partial charge in [-0.25, -0.2) is 4.79 Å². The first-order chi connectivity index (χ1) is 9.88. The fraction of sp³-hybridized carbons (Fsp3) is 0.250. The Bertz CT molecular complexity index is 550. The zero-order valence-electron chi connectivity index (χ0n) is 10.9. The number of hydrogen-bond donors (Lipinski definition) is 2. The predicted octanol–water partition coefficient (Wildman–Crippen LogP) is 1.08. The third-order valence-corrected chi connectivity index (χ3v) is 2.51. The van der Waals surface area contributed by atoms with Crippen LogP contribution in [0.4, 0.5) is 0 Å². The van der Waals surface area contributed by atoms with Gasteiger partial charge < -0.3 is 9.47 Å². The third kappa shape index (κ3) is 6.82. The fourth-order valence-corrected chi connectivity index (χ4v) is 1.57. The van der Waals surface area contributed by atoms with Crippen molar-refractivity contribution in [3.8, 4) is 5.75 Å². The molecular weight excluding hydrogens is 323 g/mol. The van der Waals surface area contributed by atoms with Crippen LogP contribution in [0.5, 0.6) is 5.75 Å². The van der Waals surface area contributed by atoms with Crippen molar-refractivity contribution < 1.29 is 23.9 Å². The van der Waals surface area contributed by atoms with Crippen LogP contribution in [0.3, 0.4) is 0 Å². The summed E-state index contributed by atoms with van der Waals surface area (Å²) in [4.78, 5) is 33.0. The van der Waals surface area contributed by atoms with Crippen molar-refractivity contribution in [3.63, 3.8) is 0 Å². The number of ether oxygens (including phenoxy) is 2. The molecule has 0 saturated carbocycles. The number of esters is 1. The highest BCUT2D eigenvalue weighted by molar-refractivity contribution is 6.35. The summed E-state index contributed by atoms with van der Waals surface area (Å²) in [7, 11) is 0. The molecular formula is C12H12Cl2N2O5. The first-order valence-corrected chi connectivity index (χ1v) is 6.43. The number of halogens is 2. The van der Waals surface area contributed by atoms with E-state index in [0.29, 0.717) is 5.02 Å². The van der Waals surface area contributed by atoms with E-state index in [1.54, 1.807) is 6.07 Å². The molecule has 0 atom stereocenters. The van der Waals surface area contributed by atoms with E-state index in [2.05, 4.69) is 4.74 Å². The molecule has 0 aliphatic carbocycles. The highest BCUT2D eigenvalue weighted by Crippen LogP contribution is 2.27. The van der Waals surface area contributed by atoms with Gasteiger partial charge in [0, 0.05) is 11.9 Å². The number of rotatable bonds is 5. The number of nitrogens with one attached hydrogen (secondary N) is 2. The van der Waals surface area contributed by atoms with E-state index >= 15 is 0 Å². The quantitative estimate of drug-likeness (QED) is 0.620. The number of carbonyl (C=O) groups excluding carboxylic acids is 3. The van der Waals surface area contributed by atoms with Crippen molar-refractivity contribution in [2.45, 2.75) is 6.92 Å². The normalized spacial score (nSPS) is 9.67. The van der Waals surface area contributed by atoms with Gasteiger partial charge in [-0.15, -0.1) is 0 Å². The zero-order chi connectivity index (χ0) is 15.8. The summed E-state index contributed by atoms with van der Waals surface area (Å²) in [5.41, 5.74) is 4.08. The van der Waals surface area contributed by atoms with Gasteiger partial charge in [0.2, 0.25) is 5.91 Å². The number of hydrogen-bond acceptors (Lipinski definition) is 5. The smallest absolute Gasteiger partial charge is 0.344 e. The number of amides is 2. The van der Waals surface area contributed by atoms with Gasteiger partial charge in [-0.2, -0.15) is 0 Å². The lowest BCUT2D eigenvalue weighted by molar-refractivity contribution is -0.150. The van der Waals surface area contributed by atoms with Crippen LogP contribution in [-0.4, -0.2) is 31.0 Å². The average molecular weight is 335 g/mol. The second-order valence-corrected chi connectivity index (χ2v) is 4.60. The molecule has 0 radical (unpaired) electrons. The number of hydrazine groups is 1. The zero-order valence-corrected chi connectivity index (χ0v) is 12.5. The second-order valence-electron chi connectivity index (χ2n) is 3.75. The van der Waals surface area contributed by atoms with Gasteiger partial charge in [-0.1, -0.05) is 23.2 Å².